The number of nitrogens with one attached hydrogen (secondary N) is 4. The fourth-order valence-corrected chi connectivity index (χ4v) is 5.90. The highest BCUT2D eigenvalue weighted by Gasteiger charge is 2.29. The van der Waals surface area contributed by atoms with Crippen molar-refractivity contribution >= 4 is 29.5 Å². The summed E-state index contributed by atoms with van der Waals surface area (Å²) in [6.07, 6.45) is 0.912. The van der Waals surface area contributed by atoms with Crippen molar-refractivity contribution in [2.45, 2.75) is 64.1 Å². The zero-order valence-electron chi connectivity index (χ0n) is 30.1. The Morgan fingerprint density at radius 2 is 1.63 bits per heavy atom. The fraction of sp³-hybridized carbons (Fsp3) is 0.410. The minimum atomic E-state index is -1.09. The Balaban J connectivity index is 1.60. The van der Waals surface area contributed by atoms with Crippen molar-refractivity contribution in [2.24, 2.45) is 5.92 Å². The number of methoxy groups -OCH3 is 1. The van der Waals surface area contributed by atoms with E-state index < -0.39 is 47.7 Å². The summed E-state index contributed by atoms with van der Waals surface area (Å²) in [5.74, 6) is -1.25. The minimum Gasteiger partial charge on any atom is -0.508 e. The number of benzene rings is 3. The maximum atomic E-state index is 13.7. The third kappa shape index (κ3) is 12.0. The number of fused-ring (bicyclic) bond motifs is 1. The van der Waals surface area contributed by atoms with Gasteiger partial charge in [-0.25, -0.2) is 0 Å². The van der Waals surface area contributed by atoms with Crippen LogP contribution in [-0.2, 0) is 32.0 Å². The average molecular weight is 716 g/mol. The van der Waals surface area contributed by atoms with Gasteiger partial charge in [-0.05, 0) is 72.7 Å². The van der Waals surface area contributed by atoms with Crippen LogP contribution in [0.25, 0.3) is 0 Å². The van der Waals surface area contributed by atoms with Crippen LogP contribution in [0.4, 0.5) is 0 Å². The quantitative estimate of drug-likeness (QED) is 0.225. The van der Waals surface area contributed by atoms with Crippen LogP contribution in [0, 0.1) is 5.92 Å². The number of amides is 5. The van der Waals surface area contributed by atoms with Crippen molar-refractivity contribution in [3.05, 3.63) is 89.5 Å². The zero-order valence-corrected chi connectivity index (χ0v) is 30.1. The van der Waals surface area contributed by atoms with E-state index in [-0.39, 0.29) is 61.9 Å². The highest BCUT2D eigenvalue weighted by molar-refractivity contribution is 6.00. The number of phenols is 1. The molecule has 3 aromatic carbocycles. The smallest absolute Gasteiger partial charge is 0.255 e. The first kappa shape index (κ1) is 39.2. The highest BCUT2D eigenvalue weighted by atomic mass is 16.5. The van der Waals surface area contributed by atoms with Gasteiger partial charge in [0.2, 0.25) is 23.6 Å². The van der Waals surface area contributed by atoms with E-state index >= 15 is 0 Å². The van der Waals surface area contributed by atoms with Gasteiger partial charge in [0.25, 0.3) is 5.91 Å². The Bertz CT molecular complexity index is 1680. The van der Waals surface area contributed by atoms with Crippen LogP contribution >= 0.6 is 0 Å². The Labute approximate surface area is 304 Å². The third-order valence-corrected chi connectivity index (χ3v) is 8.61. The van der Waals surface area contributed by atoms with Crippen molar-refractivity contribution in [1.82, 2.24) is 26.2 Å². The number of carbonyl (C=O) groups is 5. The van der Waals surface area contributed by atoms with Crippen LogP contribution in [-0.4, -0.2) is 91.5 Å². The first-order chi connectivity index (χ1) is 24.9. The SMILES string of the molecule is COc1ccc(CCNC(=O)[C@@H]2CCC(=O)N[C@@H](Cc3ccc(O)cc3)C(=O)N(C)CC(=O)N[C@@H](CC(C)C)COc3ccccc3C(=O)N2)cc1. The van der Waals surface area contributed by atoms with Crippen molar-refractivity contribution < 1.29 is 38.6 Å². The first-order valence-electron chi connectivity index (χ1n) is 17.5. The molecule has 4 rings (SSSR count). The van der Waals surface area contributed by atoms with Crippen LogP contribution in [0.3, 0.4) is 0 Å². The summed E-state index contributed by atoms with van der Waals surface area (Å²) in [4.78, 5) is 68.8. The van der Waals surface area contributed by atoms with E-state index in [1.54, 1.807) is 43.5 Å². The van der Waals surface area contributed by atoms with Crippen molar-refractivity contribution in [3.63, 3.8) is 0 Å². The molecular weight excluding hydrogens is 666 g/mol. The van der Waals surface area contributed by atoms with Gasteiger partial charge >= 0.3 is 0 Å². The number of rotatable bonds is 9. The molecule has 0 radical (unpaired) electrons. The molecule has 5 N–H and O–H groups in total. The van der Waals surface area contributed by atoms with Crippen molar-refractivity contribution in [3.8, 4) is 17.2 Å². The summed E-state index contributed by atoms with van der Waals surface area (Å²) in [5.41, 5.74) is 1.84. The third-order valence-electron chi connectivity index (χ3n) is 8.61. The number of para-hydroxylation sites is 1. The summed E-state index contributed by atoms with van der Waals surface area (Å²) in [5, 5.41) is 21.1. The number of hydrogen-bond acceptors (Lipinski definition) is 8. The lowest BCUT2D eigenvalue weighted by atomic mass is 10.0. The maximum absolute atomic E-state index is 13.7. The van der Waals surface area contributed by atoms with Crippen LogP contribution in [0.15, 0.2) is 72.8 Å². The number of nitrogens with zero attached hydrogens (tertiary/aromatic N) is 1. The van der Waals surface area contributed by atoms with Gasteiger partial charge in [-0.2, -0.15) is 0 Å². The van der Waals surface area contributed by atoms with Gasteiger partial charge < -0.3 is 40.7 Å². The van der Waals surface area contributed by atoms with E-state index in [0.717, 1.165) is 5.56 Å². The molecule has 0 unspecified atom stereocenters. The Kier molecular flexibility index (Phi) is 14.4. The van der Waals surface area contributed by atoms with E-state index in [9.17, 15) is 29.1 Å². The van der Waals surface area contributed by atoms with Gasteiger partial charge in [-0.3, -0.25) is 24.0 Å². The van der Waals surface area contributed by atoms with Crippen molar-refractivity contribution in [1.29, 1.82) is 0 Å². The summed E-state index contributed by atoms with van der Waals surface area (Å²) >= 11 is 0. The number of likely N-dealkylation sites (N-methyl/N-ethyl adjacent to an activating group) is 1. The minimum absolute atomic E-state index is 0.0514. The molecule has 3 atom stereocenters. The highest BCUT2D eigenvalue weighted by Crippen LogP contribution is 2.20. The number of phenolic OH excluding ortho intramolecular Hbond substituents is 1. The van der Waals surface area contributed by atoms with Gasteiger partial charge in [0.05, 0.1) is 25.3 Å². The molecule has 278 valence electrons. The number of carbonyl (C=O) groups excluding carboxylic acids is 5. The predicted octanol–water partition coefficient (Wildman–Crippen LogP) is 2.75. The molecule has 0 spiro atoms. The molecule has 5 amide bonds. The second-order valence-corrected chi connectivity index (χ2v) is 13.3. The first-order valence-corrected chi connectivity index (χ1v) is 17.5. The Morgan fingerprint density at radius 3 is 2.33 bits per heavy atom. The van der Waals surface area contributed by atoms with Crippen LogP contribution < -0.4 is 30.7 Å². The molecule has 0 aromatic heterocycles. The molecule has 13 nitrogen and oxygen atoms in total. The van der Waals surface area contributed by atoms with E-state index in [0.29, 0.717) is 24.2 Å². The Morgan fingerprint density at radius 1 is 0.942 bits per heavy atom. The van der Waals surface area contributed by atoms with Gasteiger partial charge in [0.15, 0.2) is 0 Å². The van der Waals surface area contributed by atoms with Crippen LogP contribution in [0.1, 0.15) is 54.6 Å². The van der Waals surface area contributed by atoms with Gasteiger partial charge in [0, 0.05) is 26.4 Å². The van der Waals surface area contributed by atoms with E-state index in [1.165, 1.54) is 24.1 Å². The van der Waals surface area contributed by atoms with Gasteiger partial charge in [-0.1, -0.05) is 50.2 Å². The van der Waals surface area contributed by atoms with Crippen molar-refractivity contribution in [2.75, 3.05) is 33.9 Å². The molecule has 0 saturated carbocycles. The van der Waals surface area contributed by atoms with Crippen LogP contribution in [0.2, 0.25) is 0 Å². The molecule has 52 heavy (non-hydrogen) atoms. The molecule has 0 fully saturated rings. The summed E-state index contributed by atoms with van der Waals surface area (Å²) in [6.45, 7) is 4.08. The molecule has 0 bridgehead atoms. The average Bonchev–Trinajstić information content (AvgIpc) is 3.12. The Hall–Kier alpha value is -5.59. The molecule has 1 aliphatic rings. The molecule has 0 saturated heterocycles. The predicted molar refractivity (Wildman–Crippen MR) is 195 cm³/mol. The molecule has 0 aliphatic carbocycles. The summed E-state index contributed by atoms with van der Waals surface area (Å²) in [6, 6.07) is 17.7. The lowest BCUT2D eigenvalue weighted by Crippen LogP contribution is -2.52. The number of hydrogen-bond donors (Lipinski definition) is 5. The maximum Gasteiger partial charge on any atom is 0.255 e. The molecule has 1 aliphatic heterocycles. The van der Waals surface area contributed by atoms with E-state index in [4.69, 9.17) is 9.47 Å². The summed E-state index contributed by atoms with van der Waals surface area (Å²) in [7, 11) is 3.07. The standard InChI is InChI=1S/C39H49N5O8/c1-25(2)21-28-24-52-34-8-6-5-7-31(34)37(48)43-32(38(49)40-20-19-26-11-15-30(51-4)16-12-26)17-18-35(46)42-33(22-27-9-13-29(45)14-10-27)39(50)44(3)23-36(47)41-28/h5-16,25,28,32-33,45H,17-24H2,1-4H3,(H,40,49)(H,41,47)(H,42,46)(H,43,48)/t28-,32-,33-/m0/s1. The fourth-order valence-electron chi connectivity index (χ4n) is 5.90. The molecule has 1 heterocycles. The normalized spacial score (nSPS) is 19.2. The number of aromatic hydroxyl groups is 1. The number of ether oxygens (including phenoxy) is 2. The molecule has 3 aromatic rings. The van der Waals surface area contributed by atoms with Crippen LogP contribution in [0.5, 0.6) is 17.2 Å². The molecule has 13 heteroatoms. The second kappa shape index (κ2) is 19.1. The summed E-state index contributed by atoms with van der Waals surface area (Å²) < 4.78 is 11.3. The van der Waals surface area contributed by atoms with E-state index in [1.807, 2.05) is 38.1 Å². The zero-order chi connectivity index (χ0) is 37.6. The van der Waals surface area contributed by atoms with Gasteiger partial charge in [0.1, 0.15) is 35.9 Å². The largest absolute Gasteiger partial charge is 0.508 e. The lowest BCUT2D eigenvalue weighted by molar-refractivity contribution is -0.138. The monoisotopic (exact) mass is 715 g/mol. The van der Waals surface area contributed by atoms with E-state index in [2.05, 4.69) is 21.3 Å². The molecular formula is C39H49N5O8. The lowest BCUT2D eigenvalue weighted by Gasteiger charge is -2.27. The topological polar surface area (TPSA) is 175 Å². The van der Waals surface area contributed by atoms with Gasteiger partial charge in [-0.15, -0.1) is 0 Å². The second-order valence-electron chi connectivity index (χ2n) is 13.3.